The minimum atomic E-state index is -3.74. The Labute approximate surface area is 201 Å². The molecule has 180 valence electrons. The van der Waals surface area contributed by atoms with Crippen LogP contribution in [0.4, 0.5) is 0 Å². The first kappa shape index (κ1) is 23.0. The Bertz CT molecular complexity index is 1610. The molecule has 0 saturated carbocycles. The summed E-state index contributed by atoms with van der Waals surface area (Å²) >= 11 is 0. The summed E-state index contributed by atoms with van der Waals surface area (Å²) in [7, 11) is -3.74. The van der Waals surface area contributed by atoms with E-state index >= 15 is 0 Å². The molecule has 10 nitrogen and oxygen atoms in total. The maximum absolute atomic E-state index is 13.2. The normalized spacial score (nSPS) is 16.3. The van der Waals surface area contributed by atoms with Gasteiger partial charge in [0.2, 0.25) is 15.9 Å². The molecule has 1 aromatic heterocycles. The summed E-state index contributed by atoms with van der Waals surface area (Å²) in [5.74, 6) is -0.464. The molecule has 11 heteroatoms. The van der Waals surface area contributed by atoms with Gasteiger partial charge in [0.05, 0.1) is 4.90 Å². The van der Waals surface area contributed by atoms with Gasteiger partial charge in [-0.3, -0.25) is 14.2 Å². The van der Waals surface area contributed by atoms with Crippen LogP contribution in [0.5, 0.6) is 0 Å². The second-order valence-electron chi connectivity index (χ2n) is 8.66. The molecule has 3 aromatic rings. The van der Waals surface area contributed by atoms with Crippen molar-refractivity contribution in [2.45, 2.75) is 30.8 Å². The number of nitriles is 1. The first-order valence-corrected chi connectivity index (χ1v) is 12.8. The summed E-state index contributed by atoms with van der Waals surface area (Å²) in [6.07, 6.45) is 1.14. The maximum Gasteiger partial charge on any atom is 0.331 e. The van der Waals surface area contributed by atoms with Crippen molar-refractivity contribution in [1.82, 2.24) is 18.3 Å². The van der Waals surface area contributed by atoms with Gasteiger partial charge in [0.15, 0.2) is 0 Å². The van der Waals surface area contributed by atoms with Crippen LogP contribution in [-0.2, 0) is 34.3 Å². The molecule has 5 rings (SSSR count). The Morgan fingerprint density at radius 3 is 2.40 bits per heavy atom. The number of amides is 1. The summed E-state index contributed by atoms with van der Waals surface area (Å²) in [4.78, 5) is 40.0. The number of carbonyl (C=O) groups excluding carboxylic acids is 1. The number of nitrogens with zero attached hydrogens (tertiary/aromatic N) is 5. The molecule has 0 unspecified atom stereocenters. The number of hydrogen-bond acceptors (Lipinski definition) is 6. The van der Waals surface area contributed by atoms with Crippen LogP contribution in [0.1, 0.15) is 17.7 Å². The van der Waals surface area contributed by atoms with Crippen molar-refractivity contribution in [2.75, 3.05) is 26.2 Å². The highest BCUT2D eigenvalue weighted by atomic mass is 32.2. The fourth-order valence-corrected chi connectivity index (χ4v) is 6.24. The lowest BCUT2D eigenvalue weighted by Gasteiger charge is -2.34. The number of hydrogen-bond donors (Lipinski definition) is 0. The third-order valence-corrected chi connectivity index (χ3v) is 8.58. The van der Waals surface area contributed by atoms with Crippen molar-refractivity contribution in [1.29, 1.82) is 5.26 Å². The summed E-state index contributed by atoms with van der Waals surface area (Å²) in [6.45, 7) is 0.396. The van der Waals surface area contributed by atoms with E-state index in [1.165, 1.54) is 13.8 Å². The van der Waals surface area contributed by atoms with Gasteiger partial charge < -0.3 is 4.90 Å². The average Bonchev–Trinajstić information content (AvgIpc) is 3.36. The van der Waals surface area contributed by atoms with E-state index in [1.54, 1.807) is 18.2 Å². The molecule has 0 atom stereocenters. The van der Waals surface area contributed by atoms with Crippen LogP contribution in [0, 0.1) is 11.3 Å². The Morgan fingerprint density at radius 1 is 0.971 bits per heavy atom. The molecule has 0 bridgehead atoms. The van der Waals surface area contributed by atoms with Crippen molar-refractivity contribution >= 4 is 26.7 Å². The molecule has 0 aliphatic carbocycles. The van der Waals surface area contributed by atoms with E-state index in [4.69, 9.17) is 0 Å². The monoisotopic (exact) mass is 493 g/mol. The molecule has 1 fully saturated rings. The fourth-order valence-electron chi connectivity index (χ4n) is 4.78. The van der Waals surface area contributed by atoms with Crippen molar-refractivity contribution in [3.63, 3.8) is 0 Å². The zero-order valence-electron chi connectivity index (χ0n) is 18.9. The van der Waals surface area contributed by atoms with Crippen molar-refractivity contribution in [3.8, 4) is 6.07 Å². The Balaban J connectivity index is 1.31. The molecule has 0 N–H and O–H groups in total. The predicted molar refractivity (Wildman–Crippen MR) is 127 cm³/mol. The van der Waals surface area contributed by atoms with Crippen LogP contribution in [0.25, 0.3) is 10.8 Å². The zero-order chi connectivity index (χ0) is 24.7. The van der Waals surface area contributed by atoms with Crippen LogP contribution in [0.2, 0.25) is 0 Å². The zero-order valence-corrected chi connectivity index (χ0v) is 19.7. The second-order valence-corrected chi connectivity index (χ2v) is 10.6. The van der Waals surface area contributed by atoms with Gasteiger partial charge in [-0.15, -0.1) is 0 Å². The smallest absolute Gasteiger partial charge is 0.331 e. The van der Waals surface area contributed by atoms with Gasteiger partial charge in [0, 0.05) is 38.4 Å². The van der Waals surface area contributed by atoms with Gasteiger partial charge in [-0.2, -0.15) is 9.57 Å². The maximum atomic E-state index is 13.2. The lowest BCUT2D eigenvalue weighted by molar-refractivity contribution is -0.133. The summed E-state index contributed by atoms with van der Waals surface area (Å²) in [5, 5.41) is 11.2. The van der Waals surface area contributed by atoms with E-state index in [2.05, 4.69) is 0 Å². The van der Waals surface area contributed by atoms with Crippen molar-refractivity contribution in [2.24, 2.45) is 0 Å². The van der Waals surface area contributed by atoms with Gasteiger partial charge in [-0.1, -0.05) is 30.3 Å². The molecule has 2 aliphatic rings. The van der Waals surface area contributed by atoms with Gasteiger partial charge in [-0.25, -0.2) is 17.8 Å². The third-order valence-electron chi connectivity index (χ3n) is 6.69. The SMILES string of the molecule is N#Cc1c2n(c(=O)n(CC(=O)N3CCN(S(=O)(=O)c4ccc5ccccc5c4)CC3)c1=O)CCC2. The van der Waals surface area contributed by atoms with Crippen LogP contribution in [0.15, 0.2) is 56.9 Å². The molecular weight excluding hydrogens is 470 g/mol. The average molecular weight is 494 g/mol. The van der Waals surface area contributed by atoms with Crippen LogP contribution >= 0.6 is 0 Å². The summed E-state index contributed by atoms with van der Waals surface area (Å²) in [5.41, 5.74) is -1.01. The highest BCUT2D eigenvalue weighted by molar-refractivity contribution is 7.89. The lowest BCUT2D eigenvalue weighted by Crippen LogP contribution is -2.52. The molecule has 1 amide bonds. The second kappa shape index (κ2) is 8.79. The van der Waals surface area contributed by atoms with E-state index in [1.807, 2.05) is 30.3 Å². The van der Waals surface area contributed by atoms with E-state index in [0.717, 1.165) is 15.3 Å². The van der Waals surface area contributed by atoms with Gasteiger partial charge >= 0.3 is 5.69 Å². The Kier molecular flexibility index (Phi) is 5.78. The highest BCUT2D eigenvalue weighted by Gasteiger charge is 2.31. The molecule has 3 heterocycles. The molecule has 2 aromatic carbocycles. The first-order valence-electron chi connectivity index (χ1n) is 11.3. The highest BCUT2D eigenvalue weighted by Crippen LogP contribution is 2.23. The van der Waals surface area contributed by atoms with E-state index in [9.17, 15) is 28.1 Å². The largest absolute Gasteiger partial charge is 0.338 e. The number of fused-ring (bicyclic) bond motifs is 2. The van der Waals surface area contributed by atoms with Crippen LogP contribution < -0.4 is 11.2 Å². The van der Waals surface area contributed by atoms with Crippen LogP contribution in [-0.4, -0.2) is 58.8 Å². The number of piperazine rings is 1. The number of carbonyl (C=O) groups is 1. The molecule has 1 saturated heterocycles. The van der Waals surface area contributed by atoms with Crippen LogP contribution in [0.3, 0.4) is 0 Å². The standard InChI is InChI=1S/C24H23N5O5S/c25-15-20-21-6-3-9-28(21)24(32)29(23(20)31)16-22(30)26-10-12-27(13-11-26)35(33,34)19-8-7-17-4-1-2-5-18(17)14-19/h1-2,4-5,7-8,14H,3,6,9-13,16H2. The van der Waals surface area contributed by atoms with E-state index in [-0.39, 0.29) is 36.6 Å². The molecule has 0 radical (unpaired) electrons. The van der Waals surface area contributed by atoms with Gasteiger partial charge in [-0.05, 0) is 35.7 Å². The van der Waals surface area contributed by atoms with Crippen molar-refractivity contribution < 1.29 is 13.2 Å². The van der Waals surface area contributed by atoms with E-state index < -0.39 is 33.7 Å². The fraction of sp³-hybridized carbons (Fsp3) is 0.333. The minimum absolute atomic E-state index is 0.0961. The lowest BCUT2D eigenvalue weighted by atomic mass is 10.1. The molecule has 2 aliphatic heterocycles. The Morgan fingerprint density at radius 2 is 1.69 bits per heavy atom. The molecule has 35 heavy (non-hydrogen) atoms. The number of sulfonamides is 1. The predicted octanol–water partition coefficient (Wildman–Crippen LogP) is 0.514. The molecular formula is C24H23N5O5S. The van der Waals surface area contributed by atoms with Gasteiger partial charge in [0.1, 0.15) is 18.2 Å². The van der Waals surface area contributed by atoms with Crippen molar-refractivity contribution in [3.05, 3.63) is 74.6 Å². The summed E-state index contributed by atoms with van der Waals surface area (Å²) < 4.78 is 29.9. The van der Waals surface area contributed by atoms with Gasteiger partial charge in [0.25, 0.3) is 5.56 Å². The number of aromatic nitrogens is 2. The third kappa shape index (κ3) is 3.94. The first-order chi connectivity index (χ1) is 16.8. The van der Waals surface area contributed by atoms with E-state index in [0.29, 0.717) is 25.1 Å². The Hall–Kier alpha value is -3.75. The minimum Gasteiger partial charge on any atom is -0.338 e. The quantitative estimate of drug-likeness (QED) is 0.522. The number of rotatable bonds is 4. The molecule has 0 spiro atoms. The summed E-state index contributed by atoms with van der Waals surface area (Å²) in [6, 6.07) is 14.4. The topological polar surface area (TPSA) is 125 Å². The number of benzene rings is 2.